The fourth-order valence-corrected chi connectivity index (χ4v) is 5.21. The highest BCUT2D eigenvalue weighted by Crippen LogP contribution is 2.22. The summed E-state index contributed by atoms with van der Waals surface area (Å²) in [6.45, 7) is 2.11. The molecule has 9 heteroatoms. The summed E-state index contributed by atoms with van der Waals surface area (Å²) in [6.07, 6.45) is 0. The van der Waals surface area contributed by atoms with Crippen molar-refractivity contribution in [1.29, 1.82) is 0 Å². The zero-order valence-electron chi connectivity index (χ0n) is 17.9. The number of sulfonamides is 1. The van der Waals surface area contributed by atoms with Crippen molar-refractivity contribution in [3.8, 4) is 11.5 Å². The van der Waals surface area contributed by atoms with Crippen LogP contribution in [-0.4, -0.2) is 51.4 Å². The number of carbonyl (C=O) groups is 1. The Morgan fingerprint density at radius 3 is 2.15 bits per heavy atom. The molecule has 0 bridgehead atoms. The standard InChI is InChI=1S/C24H24ClN3O4S/c25-19-6-12-23(13-7-19)33(30,31)28-16-14-27(15-17-28)18-24(29)26-20-8-10-22(11-9-20)32-21-4-2-1-3-5-21/h1-13H,14-18H2,(H,26,29)/p+1. The molecule has 2 N–H and O–H groups in total. The Morgan fingerprint density at radius 2 is 1.52 bits per heavy atom. The second kappa shape index (κ2) is 10.4. The molecule has 0 saturated carbocycles. The lowest BCUT2D eigenvalue weighted by Crippen LogP contribution is -3.15. The number of amides is 1. The third kappa shape index (κ3) is 6.11. The molecule has 0 aliphatic carbocycles. The fourth-order valence-electron chi connectivity index (χ4n) is 3.64. The SMILES string of the molecule is O=C(C[NH+]1CCN(S(=O)(=O)c2ccc(Cl)cc2)CC1)Nc1ccc(Oc2ccccc2)cc1. The van der Waals surface area contributed by atoms with Crippen molar-refractivity contribution in [3.05, 3.63) is 83.9 Å². The lowest BCUT2D eigenvalue weighted by atomic mass is 10.3. The van der Waals surface area contributed by atoms with E-state index in [2.05, 4.69) is 5.32 Å². The smallest absolute Gasteiger partial charge is 0.279 e. The van der Waals surface area contributed by atoms with Crippen molar-refractivity contribution in [2.75, 3.05) is 38.0 Å². The summed E-state index contributed by atoms with van der Waals surface area (Å²) < 4.78 is 32.8. The second-order valence-corrected chi connectivity index (χ2v) is 10.1. The first-order chi connectivity index (χ1) is 15.9. The number of para-hydroxylation sites is 1. The van der Waals surface area contributed by atoms with Crippen LogP contribution in [0.2, 0.25) is 5.02 Å². The lowest BCUT2D eigenvalue weighted by Gasteiger charge is -2.31. The van der Waals surface area contributed by atoms with Crippen LogP contribution in [0.25, 0.3) is 0 Å². The fraction of sp³-hybridized carbons (Fsp3) is 0.208. The molecule has 33 heavy (non-hydrogen) atoms. The molecule has 0 radical (unpaired) electrons. The molecule has 1 saturated heterocycles. The summed E-state index contributed by atoms with van der Waals surface area (Å²) in [5.41, 5.74) is 0.684. The minimum atomic E-state index is -3.56. The zero-order chi connectivity index (χ0) is 23.3. The van der Waals surface area contributed by atoms with Gasteiger partial charge >= 0.3 is 0 Å². The average Bonchev–Trinajstić information content (AvgIpc) is 2.82. The molecule has 3 aromatic rings. The first kappa shape index (κ1) is 23.3. The number of piperazine rings is 1. The van der Waals surface area contributed by atoms with E-state index in [4.69, 9.17) is 16.3 Å². The number of anilines is 1. The molecule has 0 unspecified atom stereocenters. The van der Waals surface area contributed by atoms with E-state index < -0.39 is 10.0 Å². The summed E-state index contributed by atoms with van der Waals surface area (Å²) in [5, 5.41) is 3.39. The van der Waals surface area contributed by atoms with Gasteiger partial charge in [-0.15, -0.1) is 0 Å². The van der Waals surface area contributed by atoms with Crippen LogP contribution in [0.15, 0.2) is 83.8 Å². The maximum atomic E-state index is 12.8. The monoisotopic (exact) mass is 486 g/mol. The molecule has 1 heterocycles. The van der Waals surface area contributed by atoms with Crippen molar-refractivity contribution in [3.63, 3.8) is 0 Å². The molecular weight excluding hydrogens is 462 g/mol. The molecule has 7 nitrogen and oxygen atoms in total. The van der Waals surface area contributed by atoms with Crippen molar-refractivity contribution in [1.82, 2.24) is 4.31 Å². The van der Waals surface area contributed by atoms with Gasteiger partial charge in [0.25, 0.3) is 5.91 Å². The molecule has 0 aromatic heterocycles. The summed E-state index contributed by atoms with van der Waals surface area (Å²) in [5.74, 6) is 1.31. The van der Waals surface area contributed by atoms with E-state index in [1.54, 1.807) is 36.4 Å². The van der Waals surface area contributed by atoms with E-state index in [1.807, 2.05) is 30.3 Å². The number of halogens is 1. The van der Waals surface area contributed by atoms with Gasteiger partial charge in [-0.25, -0.2) is 8.42 Å². The normalized spacial score (nSPS) is 15.2. The largest absolute Gasteiger partial charge is 0.457 e. The van der Waals surface area contributed by atoms with Crippen LogP contribution < -0.4 is 15.0 Å². The third-order valence-electron chi connectivity index (χ3n) is 5.41. The summed E-state index contributed by atoms with van der Waals surface area (Å²) >= 11 is 5.86. The van der Waals surface area contributed by atoms with E-state index in [0.717, 1.165) is 10.6 Å². The predicted molar refractivity (Wildman–Crippen MR) is 127 cm³/mol. The first-order valence-corrected chi connectivity index (χ1v) is 12.4. The van der Waals surface area contributed by atoms with Crippen LogP contribution >= 0.6 is 11.6 Å². The Balaban J connectivity index is 1.26. The second-order valence-electron chi connectivity index (χ2n) is 7.77. The van der Waals surface area contributed by atoms with Crippen LogP contribution in [-0.2, 0) is 14.8 Å². The molecule has 1 aliphatic heterocycles. The number of nitrogens with zero attached hydrogens (tertiary/aromatic N) is 1. The van der Waals surface area contributed by atoms with Crippen LogP contribution in [0.5, 0.6) is 11.5 Å². The van der Waals surface area contributed by atoms with Crippen molar-refractivity contribution in [2.45, 2.75) is 4.90 Å². The average molecular weight is 487 g/mol. The van der Waals surface area contributed by atoms with Crippen molar-refractivity contribution < 1.29 is 22.8 Å². The van der Waals surface area contributed by atoms with Gasteiger partial charge < -0.3 is 15.0 Å². The first-order valence-electron chi connectivity index (χ1n) is 10.6. The number of rotatable bonds is 7. The summed E-state index contributed by atoms with van der Waals surface area (Å²) in [6, 6.07) is 22.8. The highest BCUT2D eigenvalue weighted by atomic mass is 35.5. The van der Waals surface area contributed by atoms with E-state index in [1.165, 1.54) is 16.4 Å². The Labute approximate surface area is 198 Å². The highest BCUT2D eigenvalue weighted by molar-refractivity contribution is 7.89. The molecule has 1 amide bonds. The quantitative estimate of drug-likeness (QED) is 0.538. The van der Waals surface area contributed by atoms with Gasteiger partial charge in [-0.1, -0.05) is 29.8 Å². The lowest BCUT2D eigenvalue weighted by molar-refractivity contribution is -0.895. The molecule has 3 aromatic carbocycles. The number of ether oxygens (including phenoxy) is 1. The van der Waals surface area contributed by atoms with E-state index >= 15 is 0 Å². The number of hydrogen-bond acceptors (Lipinski definition) is 4. The van der Waals surface area contributed by atoms with Gasteiger partial charge in [0.1, 0.15) is 11.5 Å². The van der Waals surface area contributed by atoms with E-state index in [9.17, 15) is 13.2 Å². The van der Waals surface area contributed by atoms with Gasteiger partial charge in [-0.2, -0.15) is 4.31 Å². The van der Waals surface area contributed by atoms with Gasteiger partial charge in [0, 0.05) is 10.7 Å². The Kier molecular flexibility index (Phi) is 7.29. The molecule has 1 fully saturated rings. The molecule has 172 valence electrons. The number of quaternary nitrogens is 1. The Hall–Kier alpha value is -2.91. The van der Waals surface area contributed by atoms with Crippen molar-refractivity contribution in [2.24, 2.45) is 0 Å². The minimum Gasteiger partial charge on any atom is -0.457 e. The third-order valence-corrected chi connectivity index (χ3v) is 7.57. The van der Waals surface area contributed by atoms with Gasteiger partial charge in [0.2, 0.25) is 10.0 Å². The molecule has 1 aliphatic rings. The predicted octanol–water partition coefficient (Wildman–Crippen LogP) is 2.66. The number of benzene rings is 3. The zero-order valence-corrected chi connectivity index (χ0v) is 19.5. The van der Waals surface area contributed by atoms with Gasteiger partial charge in [0.05, 0.1) is 31.1 Å². The Bertz CT molecular complexity index is 1180. The van der Waals surface area contributed by atoms with Gasteiger partial charge in [-0.05, 0) is 60.7 Å². The van der Waals surface area contributed by atoms with Crippen LogP contribution in [0.4, 0.5) is 5.69 Å². The number of nitrogens with one attached hydrogen (secondary N) is 2. The van der Waals surface area contributed by atoms with E-state index in [0.29, 0.717) is 42.6 Å². The molecular formula is C24H25ClN3O4S+. The number of carbonyl (C=O) groups excluding carboxylic acids is 1. The van der Waals surface area contributed by atoms with E-state index in [-0.39, 0.29) is 17.3 Å². The summed E-state index contributed by atoms with van der Waals surface area (Å²) in [7, 11) is -3.56. The topological polar surface area (TPSA) is 80.2 Å². The highest BCUT2D eigenvalue weighted by Gasteiger charge is 2.31. The van der Waals surface area contributed by atoms with Crippen LogP contribution in [0.1, 0.15) is 0 Å². The molecule has 0 spiro atoms. The van der Waals surface area contributed by atoms with Crippen LogP contribution in [0.3, 0.4) is 0 Å². The Morgan fingerprint density at radius 1 is 0.909 bits per heavy atom. The maximum Gasteiger partial charge on any atom is 0.279 e. The maximum absolute atomic E-state index is 12.8. The van der Waals surface area contributed by atoms with Crippen molar-refractivity contribution >= 4 is 33.2 Å². The minimum absolute atomic E-state index is 0.115. The molecule has 4 rings (SSSR count). The van der Waals surface area contributed by atoms with Gasteiger partial charge in [-0.3, -0.25) is 4.79 Å². The van der Waals surface area contributed by atoms with Gasteiger partial charge in [0.15, 0.2) is 6.54 Å². The molecule has 0 atom stereocenters. The summed E-state index contributed by atoms with van der Waals surface area (Å²) in [4.78, 5) is 13.8. The number of hydrogen-bond donors (Lipinski definition) is 2. The van der Waals surface area contributed by atoms with Crippen LogP contribution in [0, 0.1) is 0 Å².